The van der Waals surface area contributed by atoms with Crippen molar-refractivity contribution in [1.29, 1.82) is 0 Å². The number of halogens is 2. The van der Waals surface area contributed by atoms with Gasteiger partial charge < -0.3 is 0 Å². The maximum Gasteiger partial charge on any atom is 0.129 e. The Kier molecular flexibility index (Phi) is 3.66. The Labute approximate surface area is 66.4 Å². The maximum atomic E-state index is 2.57. The highest BCUT2D eigenvalue weighted by Gasteiger charge is 2.11. The summed E-state index contributed by atoms with van der Waals surface area (Å²) >= 11 is 5.02. The Morgan fingerprint density at radius 1 is 1.50 bits per heavy atom. The number of hydrogen-bond donors (Lipinski definition) is 0. The van der Waals surface area contributed by atoms with Crippen LogP contribution >= 0.6 is 44.4 Å². The molecule has 38 valence electrons. The maximum absolute atomic E-state index is 2.57. The van der Waals surface area contributed by atoms with Crippen LogP contribution < -0.4 is 0 Å². The van der Waals surface area contributed by atoms with Gasteiger partial charge in [0.15, 0.2) is 0 Å². The number of rotatable bonds is 1. The molecule has 0 aliphatic heterocycles. The molecule has 6 heavy (non-hydrogen) atoms. The fourth-order valence-electron chi connectivity index (χ4n) is 0. The summed E-state index contributed by atoms with van der Waals surface area (Å²) in [7, 11) is 0. The summed E-state index contributed by atoms with van der Waals surface area (Å²) in [5.41, 5.74) is -0.675. The zero-order valence-corrected chi connectivity index (χ0v) is 9.28. The molecule has 0 bridgehead atoms. The van der Waals surface area contributed by atoms with E-state index in [0.717, 1.165) is 0 Å². The van der Waals surface area contributed by atoms with Crippen molar-refractivity contribution in [2.24, 2.45) is 0 Å². The van der Waals surface area contributed by atoms with E-state index in [9.17, 15) is 0 Å². The lowest BCUT2D eigenvalue weighted by Gasteiger charge is -2.04. The molecule has 0 unspecified atom stereocenters. The van der Waals surface area contributed by atoms with Gasteiger partial charge in [-0.05, 0) is 0 Å². The molecule has 3 heteroatoms. The quantitative estimate of drug-likeness (QED) is 0.301. The van der Waals surface area contributed by atoms with Crippen LogP contribution in [0.2, 0.25) is 13.1 Å². The van der Waals surface area contributed by atoms with E-state index < -0.39 is 5.57 Å². The van der Waals surface area contributed by atoms with E-state index in [-0.39, 0.29) is 0 Å². The van der Waals surface area contributed by atoms with E-state index >= 15 is 0 Å². The molecule has 0 N–H and O–H groups in total. The average molecular weight is 326 g/mol. The van der Waals surface area contributed by atoms with Crippen molar-refractivity contribution in [1.82, 2.24) is 0 Å². The fourth-order valence-corrected chi connectivity index (χ4v) is 0. The average Bonchev–Trinajstić information content (AvgIpc) is 1.35. The minimum absolute atomic E-state index is 0.675. The summed E-state index contributed by atoms with van der Waals surface area (Å²) in [4.78, 5) is 0. The highest BCUT2D eigenvalue weighted by molar-refractivity contribution is 14.1. The van der Waals surface area contributed by atoms with Gasteiger partial charge in [-0.15, -0.1) is 21.8 Å². The zero-order valence-electron chi connectivity index (χ0n) is 3.96. The van der Waals surface area contributed by atoms with Gasteiger partial charge in [-0.25, -0.2) is 0 Å². The molecule has 0 radical (unpaired) electrons. The van der Waals surface area contributed by atoms with Crippen LogP contribution in [0.5, 0.6) is 0 Å². The normalized spacial score (nSPS) is 12.0. The van der Waals surface area contributed by atoms with Crippen LogP contribution in [0.4, 0.5) is 0 Å². The molecule has 0 spiro atoms. The van der Waals surface area contributed by atoms with Crippen LogP contribution in [-0.4, -0.2) is 9.62 Å². The first-order valence-electron chi connectivity index (χ1n) is 1.81. The molecule has 0 aliphatic rings. The summed E-state index contributed by atoms with van der Waals surface area (Å²) in [5.74, 6) is 0. The molecule has 0 aromatic heterocycles. The van der Waals surface area contributed by atoms with Crippen molar-refractivity contribution in [2.45, 2.75) is 13.1 Å². The lowest BCUT2D eigenvalue weighted by Crippen LogP contribution is -2.16. The summed E-state index contributed by atoms with van der Waals surface area (Å²) in [6, 6.07) is 0. The van der Waals surface area contributed by atoms with Gasteiger partial charge in [0.05, 0.1) is 0 Å². The second-order valence-electron chi connectivity index (χ2n) is 1.85. The second kappa shape index (κ2) is 2.86. The molecule has 0 rings (SSSR count). The molecule has 0 heterocycles. The molecule has 0 aromatic rings. The van der Waals surface area contributed by atoms with Crippen LogP contribution in [0.25, 0.3) is 0 Å². The fraction of sp³-hybridized carbons (Fsp3) is 1.00. The van der Waals surface area contributed by atoms with Gasteiger partial charge in [0.1, 0.15) is 5.57 Å². The van der Waals surface area contributed by atoms with Gasteiger partial charge in [-0.1, -0.05) is 35.7 Å². The molecule has 0 saturated heterocycles. The third kappa shape index (κ3) is 5.68. The molecule has 0 amide bonds. The van der Waals surface area contributed by atoms with Crippen LogP contribution in [0.1, 0.15) is 0 Å². The molecule has 0 nitrogen and oxygen atoms in total. The molecular formula is C3H8I2Si. The summed E-state index contributed by atoms with van der Waals surface area (Å²) < 4.78 is 1.37. The zero-order chi connectivity index (χ0) is 5.21. The van der Waals surface area contributed by atoms with Crippen LogP contribution in [0.15, 0.2) is 0 Å². The van der Waals surface area contributed by atoms with Crippen LogP contribution in [0, 0.1) is 0 Å². The lowest BCUT2D eigenvalue weighted by molar-refractivity contribution is 1.89. The van der Waals surface area contributed by atoms with E-state index in [1.807, 2.05) is 0 Å². The summed E-state index contributed by atoms with van der Waals surface area (Å²) in [5, 5.41) is 0. The van der Waals surface area contributed by atoms with Gasteiger partial charge in [-0.2, -0.15) is 0 Å². The van der Waals surface area contributed by atoms with E-state index in [1.54, 1.807) is 0 Å². The van der Waals surface area contributed by atoms with Crippen molar-refractivity contribution in [3.63, 3.8) is 0 Å². The molecule has 0 aromatic carbocycles. The number of alkyl halides is 1. The third-order valence-electron chi connectivity index (χ3n) is 0.318. The van der Waals surface area contributed by atoms with Crippen molar-refractivity contribution in [2.75, 3.05) is 4.05 Å². The van der Waals surface area contributed by atoms with Crippen LogP contribution in [-0.2, 0) is 0 Å². The smallest absolute Gasteiger partial charge is 0.118 e. The SMILES string of the molecule is C[Si](C)(I)CI. The highest BCUT2D eigenvalue weighted by atomic mass is 127. The van der Waals surface area contributed by atoms with Gasteiger partial charge in [0.25, 0.3) is 0 Å². The predicted molar refractivity (Wildman–Crippen MR) is 50.4 cm³/mol. The Morgan fingerprint density at radius 2 is 1.67 bits per heavy atom. The Balaban J connectivity index is 3.17. The lowest BCUT2D eigenvalue weighted by atomic mass is 11.8. The third-order valence-corrected chi connectivity index (χ3v) is 12.2. The summed E-state index contributed by atoms with van der Waals surface area (Å²) in [6.07, 6.45) is 0. The van der Waals surface area contributed by atoms with Gasteiger partial charge >= 0.3 is 0 Å². The number of hydrogen-bond acceptors (Lipinski definition) is 0. The van der Waals surface area contributed by atoms with E-state index in [2.05, 4.69) is 57.5 Å². The molecule has 0 fully saturated rings. The topological polar surface area (TPSA) is 0 Å². The van der Waals surface area contributed by atoms with Crippen molar-refractivity contribution in [3.05, 3.63) is 0 Å². The Morgan fingerprint density at radius 3 is 1.67 bits per heavy atom. The van der Waals surface area contributed by atoms with E-state index in [0.29, 0.717) is 0 Å². The van der Waals surface area contributed by atoms with Crippen molar-refractivity contribution in [3.8, 4) is 0 Å². The van der Waals surface area contributed by atoms with Crippen LogP contribution in [0.3, 0.4) is 0 Å². The molecule has 0 atom stereocenters. The minimum atomic E-state index is -0.675. The molecule has 0 aliphatic carbocycles. The first-order chi connectivity index (χ1) is 2.56. The largest absolute Gasteiger partial charge is 0.129 e. The van der Waals surface area contributed by atoms with Gasteiger partial charge in [0.2, 0.25) is 0 Å². The Hall–Kier alpha value is 1.68. The standard InChI is InChI=1S/C3H8I2Si/c1-6(2,5)3-4/h3H2,1-2H3. The van der Waals surface area contributed by atoms with Crippen molar-refractivity contribution >= 4 is 50.0 Å². The molecular weight excluding hydrogens is 318 g/mol. The first kappa shape index (κ1) is 7.68. The second-order valence-corrected chi connectivity index (χ2v) is 16.6. The first-order valence-corrected chi connectivity index (χ1v) is 9.66. The summed E-state index contributed by atoms with van der Waals surface area (Å²) in [6.45, 7) is 4.72. The van der Waals surface area contributed by atoms with E-state index in [1.165, 1.54) is 4.05 Å². The van der Waals surface area contributed by atoms with E-state index in [4.69, 9.17) is 0 Å². The monoisotopic (exact) mass is 326 g/mol. The molecule has 0 saturated carbocycles. The minimum Gasteiger partial charge on any atom is -0.118 e. The predicted octanol–water partition coefficient (Wildman–Crippen LogP) is 2.60. The Bertz CT molecular complexity index is 38.5. The van der Waals surface area contributed by atoms with Gasteiger partial charge in [0, 0.05) is 4.05 Å². The highest BCUT2D eigenvalue weighted by Crippen LogP contribution is 2.13. The van der Waals surface area contributed by atoms with Crippen molar-refractivity contribution < 1.29 is 0 Å². The van der Waals surface area contributed by atoms with Gasteiger partial charge in [-0.3, -0.25) is 0 Å².